The van der Waals surface area contributed by atoms with Gasteiger partial charge in [0.1, 0.15) is 41.2 Å². The van der Waals surface area contributed by atoms with Crippen LogP contribution in [-0.4, -0.2) is 40.0 Å². The minimum absolute atomic E-state index is 0.299. The number of hydrazone groups is 1. The molecule has 4 aromatic rings. The van der Waals surface area contributed by atoms with E-state index in [0.29, 0.717) is 40.8 Å². The number of hydrogen-bond donors (Lipinski definition) is 1. The Morgan fingerprint density at radius 2 is 1.97 bits per heavy atom. The van der Waals surface area contributed by atoms with E-state index < -0.39 is 36.0 Å². The topological polar surface area (TPSA) is 122 Å². The molecule has 0 aliphatic carbocycles. The lowest BCUT2D eigenvalue weighted by Gasteiger charge is -2.23. The predicted molar refractivity (Wildman–Crippen MR) is 127 cm³/mol. The molecular formula is C26H22N4O6. The van der Waals surface area contributed by atoms with E-state index >= 15 is 0 Å². The fourth-order valence-electron chi connectivity index (χ4n) is 4.63. The third-order valence-electron chi connectivity index (χ3n) is 6.55. The molecule has 6 rings (SSSR count). The molecule has 5 heterocycles. The molecule has 182 valence electrons. The van der Waals surface area contributed by atoms with Gasteiger partial charge in [0.25, 0.3) is 11.8 Å². The summed E-state index contributed by atoms with van der Waals surface area (Å²) in [6.07, 6.45) is 1.87. The number of nitrogens with zero attached hydrogens (tertiary/aromatic N) is 3. The molecule has 1 saturated heterocycles. The normalized spacial score (nSPS) is 21.9. The van der Waals surface area contributed by atoms with E-state index in [1.54, 1.807) is 38.1 Å². The number of nitrogens with one attached hydrogen (secondary N) is 1. The largest absolute Gasteiger partial charge is 0.467 e. The van der Waals surface area contributed by atoms with Crippen LogP contribution in [0.5, 0.6) is 0 Å². The van der Waals surface area contributed by atoms with Crippen LogP contribution < -0.4 is 5.32 Å². The molecule has 36 heavy (non-hydrogen) atoms. The van der Waals surface area contributed by atoms with Crippen molar-refractivity contribution in [3.05, 3.63) is 83.9 Å². The Hall–Kier alpha value is -4.60. The first-order valence-corrected chi connectivity index (χ1v) is 11.5. The molecule has 0 saturated carbocycles. The standard InChI is InChI=1S/C26H22N4O6/c1-15-9-10-22(35-15)26(2)24(32)29(25(33)27-26)14-23(31)30-18(20-8-5-11-34-20)13-17(28-30)21-12-16-6-3-4-7-19(16)36-21/h3-12,18H,13-14H2,1-2H3,(H,27,33). The van der Waals surface area contributed by atoms with Crippen LogP contribution in [0.25, 0.3) is 11.0 Å². The number of rotatable bonds is 5. The molecule has 2 aliphatic heterocycles. The zero-order valence-electron chi connectivity index (χ0n) is 19.6. The lowest BCUT2D eigenvalue weighted by Crippen LogP contribution is -2.43. The number of benzene rings is 1. The fraction of sp³-hybridized carbons (Fsp3) is 0.231. The van der Waals surface area contributed by atoms with Crippen LogP contribution in [0.2, 0.25) is 0 Å². The first-order chi connectivity index (χ1) is 17.3. The Labute approximate surface area is 205 Å². The van der Waals surface area contributed by atoms with Crippen LogP contribution >= 0.6 is 0 Å². The Kier molecular flexibility index (Phi) is 4.85. The summed E-state index contributed by atoms with van der Waals surface area (Å²) < 4.78 is 17.1. The summed E-state index contributed by atoms with van der Waals surface area (Å²) in [5.74, 6) is 0.864. The molecule has 10 heteroatoms. The highest BCUT2D eigenvalue weighted by molar-refractivity contribution is 6.09. The number of urea groups is 1. The number of carbonyl (C=O) groups is 3. The molecule has 0 bridgehead atoms. The van der Waals surface area contributed by atoms with Crippen molar-refractivity contribution in [2.45, 2.75) is 31.8 Å². The average Bonchev–Trinajstić information content (AvgIpc) is 3.66. The molecule has 2 atom stereocenters. The Balaban J connectivity index is 1.29. The van der Waals surface area contributed by atoms with E-state index in [1.165, 1.54) is 11.3 Å². The highest BCUT2D eigenvalue weighted by Crippen LogP contribution is 2.35. The average molecular weight is 486 g/mol. The molecule has 0 radical (unpaired) electrons. The van der Waals surface area contributed by atoms with Gasteiger partial charge >= 0.3 is 6.03 Å². The van der Waals surface area contributed by atoms with Crippen LogP contribution in [0, 0.1) is 6.92 Å². The number of fused-ring (bicyclic) bond motifs is 1. The minimum atomic E-state index is -1.40. The third-order valence-corrected chi connectivity index (χ3v) is 6.55. The maximum Gasteiger partial charge on any atom is 0.325 e. The molecule has 10 nitrogen and oxygen atoms in total. The van der Waals surface area contributed by atoms with Crippen LogP contribution in [0.3, 0.4) is 0 Å². The van der Waals surface area contributed by atoms with Gasteiger partial charge < -0.3 is 18.6 Å². The molecule has 1 N–H and O–H groups in total. The van der Waals surface area contributed by atoms with E-state index in [-0.39, 0.29) is 0 Å². The van der Waals surface area contributed by atoms with Gasteiger partial charge in [-0.05, 0) is 50.2 Å². The van der Waals surface area contributed by atoms with Crippen molar-refractivity contribution >= 4 is 34.5 Å². The lowest BCUT2D eigenvalue weighted by molar-refractivity contribution is -0.140. The number of furan rings is 3. The molecule has 4 amide bonds. The zero-order valence-corrected chi connectivity index (χ0v) is 19.6. The van der Waals surface area contributed by atoms with Crippen molar-refractivity contribution < 1.29 is 27.6 Å². The maximum atomic E-state index is 13.4. The molecular weight excluding hydrogens is 464 g/mol. The van der Waals surface area contributed by atoms with E-state index in [0.717, 1.165) is 10.3 Å². The van der Waals surface area contributed by atoms with Gasteiger partial charge in [-0.2, -0.15) is 5.10 Å². The molecule has 0 spiro atoms. The van der Waals surface area contributed by atoms with E-state index in [9.17, 15) is 14.4 Å². The summed E-state index contributed by atoms with van der Waals surface area (Å²) in [5.41, 5.74) is -0.130. The quantitative estimate of drug-likeness (QED) is 0.425. The number of amides is 4. The highest BCUT2D eigenvalue weighted by atomic mass is 16.3. The summed E-state index contributed by atoms with van der Waals surface area (Å²) >= 11 is 0. The van der Waals surface area contributed by atoms with Crippen LogP contribution in [0.15, 0.2) is 79.2 Å². The zero-order chi connectivity index (χ0) is 25.0. The van der Waals surface area contributed by atoms with Crippen molar-refractivity contribution in [2.75, 3.05) is 6.54 Å². The summed E-state index contributed by atoms with van der Waals surface area (Å²) in [6.45, 7) is 2.80. The molecule has 1 fully saturated rings. The number of aryl methyl sites for hydroxylation is 1. The van der Waals surface area contributed by atoms with Gasteiger partial charge in [-0.15, -0.1) is 0 Å². The monoisotopic (exact) mass is 486 g/mol. The second-order valence-corrected chi connectivity index (χ2v) is 9.03. The number of imide groups is 1. The Morgan fingerprint density at radius 1 is 1.14 bits per heavy atom. The SMILES string of the molecule is Cc1ccc(C2(C)NC(=O)N(CC(=O)N3N=C(c4cc5ccccc5o4)CC3c3ccco3)C2=O)o1. The van der Waals surface area contributed by atoms with E-state index in [4.69, 9.17) is 13.3 Å². The highest BCUT2D eigenvalue weighted by Gasteiger charge is 2.52. The minimum Gasteiger partial charge on any atom is -0.467 e. The van der Waals surface area contributed by atoms with Gasteiger partial charge in [-0.25, -0.2) is 9.80 Å². The van der Waals surface area contributed by atoms with Crippen molar-refractivity contribution in [3.63, 3.8) is 0 Å². The second-order valence-electron chi connectivity index (χ2n) is 9.03. The van der Waals surface area contributed by atoms with Gasteiger partial charge in [0.15, 0.2) is 11.3 Å². The first kappa shape index (κ1) is 21.9. The summed E-state index contributed by atoms with van der Waals surface area (Å²) in [4.78, 5) is 40.3. The van der Waals surface area contributed by atoms with Crippen LogP contribution in [-0.2, 0) is 15.1 Å². The van der Waals surface area contributed by atoms with Crippen molar-refractivity contribution in [1.29, 1.82) is 0 Å². The Bertz CT molecular complexity index is 1500. The lowest BCUT2D eigenvalue weighted by atomic mass is 9.99. The van der Waals surface area contributed by atoms with Crippen LogP contribution in [0.1, 0.15) is 42.4 Å². The Morgan fingerprint density at radius 3 is 2.69 bits per heavy atom. The summed E-state index contributed by atoms with van der Waals surface area (Å²) in [6, 6.07) is 15.1. The number of hydrogen-bond acceptors (Lipinski definition) is 7. The molecule has 3 aromatic heterocycles. The molecule has 2 aliphatic rings. The predicted octanol–water partition coefficient (Wildman–Crippen LogP) is 4.07. The number of para-hydroxylation sites is 1. The molecule has 2 unspecified atom stereocenters. The first-order valence-electron chi connectivity index (χ1n) is 11.5. The maximum absolute atomic E-state index is 13.4. The van der Waals surface area contributed by atoms with Crippen molar-refractivity contribution in [3.8, 4) is 0 Å². The van der Waals surface area contributed by atoms with E-state index in [2.05, 4.69) is 10.4 Å². The summed E-state index contributed by atoms with van der Waals surface area (Å²) in [7, 11) is 0. The van der Waals surface area contributed by atoms with Gasteiger partial charge in [-0.3, -0.25) is 14.5 Å². The summed E-state index contributed by atoms with van der Waals surface area (Å²) in [5, 5.41) is 9.36. The third kappa shape index (κ3) is 3.41. The van der Waals surface area contributed by atoms with Gasteiger partial charge in [-0.1, -0.05) is 18.2 Å². The van der Waals surface area contributed by atoms with Gasteiger partial charge in [0.05, 0.1) is 6.26 Å². The van der Waals surface area contributed by atoms with Crippen molar-refractivity contribution in [1.82, 2.24) is 15.2 Å². The van der Waals surface area contributed by atoms with E-state index in [1.807, 2.05) is 30.3 Å². The van der Waals surface area contributed by atoms with Crippen LogP contribution in [0.4, 0.5) is 4.79 Å². The van der Waals surface area contributed by atoms with Crippen molar-refractivity contribution in [2.24, 2.45) is 5.10 Å². The molecule has 1 aromatic carbocycles. The van der Waals surface area contributed by atoms with Gasteiger partial charge in [0, 0.05) is 11.8 Å². The number of carbonyl (C=O) groups excluding carboxylic acids is 3. The fourth-order valence-corrected chi connectivity index (χ4v) is 4.63. The second kappa shape index (κ2) is 7.98. The smallest absolute Gasteiger partial charge is 0.325 e. The van der Waals surface area contributed by atoms with Gasteiger partial charge in [0.2, 0.25) is 0 Å².